The fraction of sp³-hybridized carbons (Fsp3) is 0.846. The van der Waals surface area contributed by atoms with Gasteiger partial charge in [0, 0.05) is 6.04 Å². The summed E-state index contributed by atoms with van der Waals surface area (Å²) in [7, 11) is 0. The molecule has 0 saturated heterocycles. The van der Waals surface area contributed by atoms with Gasteiger partial charge < -0.3 is 5.32 Å². The van der Waals surface area contributed by atoms with E-state index in [1.165, 1.54) is 30.6 Å². The van der Waals surface area contributed by atoms with E-state index in [-0.39, 0.29) is 0 Å². The fourth-order valence-electron chi connectivity index (χ4n) is 3.00. The number of nitrogens with one attached hydrogen (secondary N) is 1. The van der Waals surface area contributed by atoms with E-state index in [1.54, 1.807) is 11.5 Å². The molecule has 0 aliphatic heterocycles. The number of hydrogen-bond donors (Lipinski definition) is 1. The average molecular weight is 253 g/mol. The van der Waals surface area contributed by atoms with Crippen LogP contribution in [0, 0.1) is 18.8 Å². The van der Waals surface area contributed by atoms with Crippen LogP contribution in [-0.2, 0) is 0 Å². The third-order valence-electron chi connectivity index (χ3n) is 3.84. The van der Waals surface area contributed by atoms with Crippen LogP contribution in [0.1, 0.15) is 56.1 Å². The first-order valence-corrected chi connectivity index (χ1v) is 7.52. The lowest BCUT2D eigenvalue weighted by Crippen LogP contribution is -2.31. The molecule has 0 aromatic carbocycles. The van der Waals surface area contributed by atoms with Gasteiger partial charge in [-0.05, 0) is 49.7 Å². The number of nitrogens with zero attached hydrogens (tertiary/aromatic N) is 2. The van der Waals surface area contributed by atoms with E-state index in [0.29, 0.717) is 6.04 Å². The highest BCUT2D eigenvalue weighted by Crippen LogP contribution is 2.38. The Morgan fingerprint density at radius 1 is 1.47 bits per heavy atom. The normalized spacial score (nSPS) is 27.0. The Labute approximate surface area is 108 Å². The monoisotopic (exact) mass is 253 g/mol. The van der Waals surface area contributed by atoms with E-state index < -0.39 is 0 Å². The molecule has 1 fully saturated rings. The summed E-state index contributed by atoms with van der Waals surface area (Å²) >= 11 is 1.57. The number of rotatable bonds is 4. The van der Waals surface area contributed by atoms with Crippen LogP contribution < -0.4 is 5.32 Å². The third kappa shape index (κ3) is 3.05. The largest absolute Gasteiger partial charge is 0.309 e. The van der Waals surface area contributed by atoms with Crippen molar-refractivity contribution < 1.29 is 0 Å². The van der Waals surface area contributed by atoms with E-state index in [2.05, 4.69) is 35.7 Å². The number of aryl methyl sites for hydroxylation is 1. The molecule has 1 heterocycles. The first kappa shape index (κ1) is 13.0. The molecule has 96 valence electrons. The fourth-order valence-corrected chi connectivity index (χ4v) is 3.81. The van der Waals surface area contributed by atoms with Crippen molar-refractivity contribution in [2.75, 3.05) is 6.54 Å². The van der Waals surface area contributed by atoms with Gasteiger partial charge in [-0.2, -0.15) is 0 Å². The molecule has 1 aliphatic rings. The first-order chi connectivity index (χ1) is 8.22. The Morgan fingerprint density at radius 2 is 2.29 bits per heavy atom. The predicted octanol–water partition coefficient (Wildman–Crippen LogP) is 3.32. The Balaban J connectivity index is 2.14. The smallest absolute Gasteiger partial charge is 0.0772 e. The van der Waals surface area contributed by atoms with Crippen LogP contribution in [0.3, 0.4) is 0 Å². The second-order valence-electron chi connectivity index (χ2n) is 5.29. The summed E-state index contributed by atoms with van der Waals surface area (Å²) in [5.41, 5.74) is 1.11. The second kappa shape index (κ2) is 5.91. The lowest BCUT2D eigenvalue weighted by atomic mass is 9.78. The van der Waals surface area contributed by atoms with E-state index in [9.17, 15) is 0 Å². The van der Waals surface area contributed by atoms with Gasteiger partial charge in [-0.25, -0.2) is 0 Å². The molecule has 1 aromatic heterocycles. The maximum Gasteiger partial charge on any atom is 0.0772 e. The minimum absolute atomic E-state index is 0.475. The van der Waals surface area contributed by atoms with E-state index in [1.807, 2.05) is 0 Å². The second-order valence-corrected chi connectivity index (χ2v) is 6.08. The van der Waals surface area contributed by atoms with Crippen LogP contribution in [0.2, 0.25) is 0 Å². The van der Waals surface area contributed by atoms with Crippen LogP contribution in [0.25, 0.3) is 0 Å². The summed E-state index contributed by atoms with van der Waals surface area (Å²) in [6.07, 6.45) is 5.46. The van der Waals surface area contributed by atoms with Crippen molar-refractivity contribution in [3.05, 3.63) is 10.6 Å². The molecule has 3 unspecified atom stereocenters. The van der Waals surface area contributed by atoms with Crippen LogP contribution in [0.5, 0.6) is 0 Å². The standard InChI is InChI=1S/C13H23N3S/c1-4-14-12(13-10(3)15-16-17-13)11-7-5-6-9(2)8-11/h9,11-12,14H,4-8H2,1-3H3. The van der Waals surface area contributed by atoms with Gasteiger partial charge in [0.15, 0.2) is 0 Å². The van der Waals surface area contributed by atoms with Crippen molar-refractivity contribution in [2.24, 2.45) is 11.8 Å². The van der Waals surface area contributed by atoms with Gasteiger partial charge >= 0.3 is 0 Å². The van der Waals surface area contributed by atoms with E-state index in [0.717, 1.165) is 24.1 Å². The lowest BCUT2D eigenvalue weighted by molar-refractivity contribution is 0.227. The maximum atomic E-state index is 4.16. The zero-order chi connectivity index (χ0) is 12.3. The molecule has 17 heavy (non-hydrogen) atoms. The highest BCUT2D eigenvalue weighted by Gasteiger charge is 2.29. The maximum absolute atomic E-state index is 4.16. The molecular weight excluding hydrogens is 230 g/mol. The van der Waals surface area contributed by atoms with E-state index >= 15 is 0 Å². The van der Waals surface area contributed by atoms with Crippen molar-refractivity contribution in [3.8, 4) is 0 Å². The molecule has 3 nitrogen and oxygen atoms in total. The topological polar surface area (TPSA) is 37.8 Å². The molecule has 1 aromatic rings. The minimum atomic E-state index is 0.475. The molecule has 0 radical (unpaired) electrons. The van der Waals surface area contributed by atoms with E-state index in [4.69, 9.17) is 0 Å². The van der Waals surface area contributed by atoms with Crippen molar-refractivity contribution in [1.29, 1.82) is 0 Å². The summed E-state index contributed by atoms with van der Waals surface area (Å²) in [6, 6.07) is 0.475. The molecule has 1 N–H and O–H groups in total. The van der Waals surface area contributed by atoms with Gasteiger partial charge in [0.2, 0.25) is 0 Å². The summed E-state index contributed by atoms with van der Waals surface area (Å²) in [6.45, 7) is 7.66. The van der Waals surface area contributed by atoms with Gasteiger partial charge in [0.25, 0.3) is 0 Å². The Morgan fingerprint density at radius 3 is 2.88 bits per heavy atom. The van der Waals surface area contributed by atoms with Crippen molar-refractivity contribution in [2.45, 2.75) is 52.5 Å². The third-order valence-corrected chi connectivity index (χ3v) is 4.75. The zero-order valence-corrected chi connectivity index (χ0v) is 11.9. The molecule has 0 amide bonds. The minimum Gasteiger partial charge on any atom is -0.309 e. The number of hydrogen-bond acceptors (Lipinski definition) is 4. The molecule has 4 heteroatoms. The zero-order valence-electron chi connectivity index (χ0n) is 11.1. The predicted molar refractivity (Wildman–Crippen MR) is 72.2 cm³/mol. The highest BCUT2D eigenvalue weighted by atomic mass is 32.1. The summed E-state index contributed by atoms with van der Waals surface area (Å²) in [5, 5.41) is 7.81. The summed E-state index contributed by atoms with van der Waals surface area (Å²) < 4.78 is 4.09. The number of aromatic nitrogens is 2. The molecular formula is C13H23N3S. The van der Waals surface area contributed by atoms with Gasteiger partial charge in [0.05, 0.1) is 10.6 Å². The summed E-state index contributed by atoms with van der Waals surface area (Å²) in [4.78, 5) is 1.35. The lowest BCUT2D eigenvalue weighted by Gasteiger charge is -2.33. The van der Waals surface area contributed by atoms with Crippen molar-refractivity contribution in [1.82, 2.24) is 14.9 Å². The van der Waals surface area contributed by atoms with Gasteiger partial charge in [0.1, 0.15) is 0 Å². The Kier molecular flexibility index (Phi) is 4.51. The van der Waals surface area contributed by atoms with Gasteiger partial charge in [-0.15, -0.1) is 5.10 Å². The molecule has 1 aliphatic carbocycles. The van der Waals surface area contributed by atoms with Crippen LogP contribution in [0.15, 0.2) is 0 Å². The Hall–Kier alpha value is -0.480. The van der Waals surface area contributed by atoms with Crippen molar-refractivity contribution in [3.63, 3.8) is 0 Å². The molecule has 0 bridgehead atoms. The molecule has 3 atom stereocenters. The SMILES string of the molecule is CCNC(c1snnc1C)C1CCCC(C)C1. The van der Waals surface area contributed by atoms with Crippen LogP contribution in [0.4, 0.5) is 0 Å². The van der Waals surface area contributed by atoms with Gasteiger partial charge in [-0.3, -0.25) is 0 Å². The molecule has 0 spiro atoms. The highest BCUT2D eigenvalue weighted by molar-refractivity contribution is 7.05. The van der Waals surface area contributed by atoms with Crippen LogP contribution in [-0.4, -0.2) is 16.1 Å². The molecule has 1 saturated carbocycles. The molecule has 2 rings (SSSR count). The first-order valence-electron chi connectivity index (χ1n) is 6.74. The summed E-state index contributed by atoms with van der Waals surface area (Å²) in [5.74, 6) is 1.63. The average Bonchev–Trinajstić information content (AvgIpc) is 2.72. The van der Waals surface area contributed by atoms with Gasteiger partial charge in [-0.1, -0.05) is 31.2 Å². The van der Waals surface area contributed by atoms with Crippen molar-refractivity contribution >= 4 is 11.5 Å². The Bertz CT molecular complexity index is 350. The quantitative estimate of drug-likeness (QED) is 0.894. The van der Waals surface area contributed by atoms with Crippen LogP contribution >= 0.6 is 11.5 Å².